The van der Waals surface area contributed by atoms with E-state index in [0.29, 0.717) is 5.75 Å². The van der Waals surface area contributed by atoms with Gasteiger partial charge in [-0.2, -0.15) is 0 Å². The lowest BCUT2D eigenvalue weighted by atomic mass is 10.1. The third kappa shape index (κ3) is 3.14. The molecular weight excluding hydrogens is 282 g/mol. The lowest BCUT2D eigenvalue weighted by Crippen LogP contribution is -1.91. The third-order valence-corrected chi connectivity index (χ3v) is 2.58. The van der Waals surface area contributed by atoms with Crippen molar-refractivity contribution in [2.45, 2.75) is 12.8 Å². The Kier molecular flexibility index (Phi) is 4.48. The van der Waals surface area contributed by atoms with Crippen LogP contribution in [-0.2, 0) is 6.42 Å². The van der Waals surface area contributed by atoms with Crippen molar-refractivity contribution in [3.8, 4) is 5.75 Å². The molecule has 0 unspecified atom stereocenters. The number of alkyl halides is 1. The van der Waals surface area contributed by atoms with Crippen LogP contribution >= 0.6 is 22.6 Å². The van der Waals surface area contributed by atoms with Gasteiger partial charge in [0.1, 0.15) is 0 Å². The molecule has 0 fully saturated rings. The number of ether oxygens (including phenoxy) is 1. The molecule has 0 spiro atoms. The smallest absolute Gasteiger partial charge is 0.165 e. The zero-order valence-corrected chi connectivity index (χ0v) is 9.68. The molecule has 3 heteroatoms. The topological polar surface area (TPSA) is 9.23 Å². The molecule has 72 valence electrons. The Morgan fingerprint density at radius 3 is 2.77 bits per heavy atom. The Balaban J connectivity index is 2.71. The zero-order valence-electron chi connectivity index (χ0n) is 7.52. The molecule has 0 N–H and O–H groups in total. The molecule has 0 radical (unpaired) electrons. The lowest BCUT2D eigenvalue weighted by molar-refractivity contribution is 0.386. The van der Waals surface area contributed by atoms with Crippen LogP contribution in [0.3, 0.4) is 0 Å². The molecular formula is C10H12FIO. The normalized spacial score (nSPS) is 10.1. The summed E-state index contributed by atoms with van der Waals surface area (Å²) in [6.45, 7) is 0. The summed E-state index contributed by atoms with van der Waals surface area (Å²) < 4.78 is 19.1. The van der Waals surface area contributed by atoms with Gasteiger partial charge in [0.2, 0.25) is 0 Å². The summed E-state index contributed by atoms with van der Waals surface area (Å²) in [5.41, 5.74) is 1.04. The Morgan fingerprint density at radius 2 is 2.23 bits per heavy atom. The van der Waals surface area contributed by atoms with Gasteiger partial charge >= 0.3 is 0 Å². The standard InChI is InChI=1S/C10H12FIO/c1-13-10-5-4-8(3-2-6-12)7-9(10)11/h4-5,7H,2-3,6H2,1H3. The molecule has 1 aromatic carbocycles. The largest absolute Gasteiger partial charge is 0.494 e. The van der Waals surface area contributed by atoms with Crippen LogP contribution in [0.4, 0.5) is 4.39 Å². The number of hydrogen-bond acceptors (Lipinski definition) is 1. The van der Waals surface area contributed by atoms with E-state index >= 15 is 0 Å². The Hall–Kier alpha value is -0.320. The van der Waals surface area contributed by atoms with Crippen LogP contribution in [0.15, 0.2) is 18.2 Å². The third-order valence-electron chi connectivity index (χ3n) is 1.82. The monoisotopic (exact) mass is 294 g/mol. The molecule has 1 rings (SSSR count). The molecule has 0 aliphatic heterocycles. The van der Waals surface area contributed by atoms with Crippen LogP contribution in [0, 0.1) is 5.82 Å². The van der Waals surface area contributed by atoms with Gasteiger partial charge in [-0.05, 0) is 35.0 Å². The van der Waals surface area contributed by atoms with Crippen LogP contribution in [0.5, 0.6) is 5.75 Å². The number of benzene rings is 1. The van der Waals surface area contributed by atoms with Gasteiger partial charge in [-0.15, -0.1) is 0 Å². The summed E-state index contributed by atoms with van der Waals surface area (Å²) in [6, 6.07) is 5.14. The number of halogens is 2. The minimum atomic E-state index is -0.270. The molecule has 1 nitrogen and oxygen atoms in total. The number of rotatable bonds is 4. The molecule has 0 atom stereocenters. The van der Waals surface area contributed by atoms with Gasteiger partial charge in [0.05, 0.1) is 7.11 Å². The van der Waals surface area contributed by atoms with E-state index in [1.54, 1.807) is 12.1 Å². The minimum absolute atomic E-state index is 0.270. The minimum Gasteiger partial charge on any atom is -0.494 e. The van der Waals surface area contributed by atoms with Gasteiger partial charge in [-0.3, -0.25) is 0 Å². The first kappa shape index (κ1) is 10.8. The van der Waals surface area contributed by atoms with E-state index < -0.39 is 0 Å². The van der Waals surface area contributed by atoms with Crippen molar-refractivity contribution in [2.24, 2.45) is 0 Å². The lowest BCUT2D eigenvalue weighted by Gasteiger charge is -2.03. The fraction of sp³-hybridized carbons (Fsp3) is 0.400. The van der Waals surface area contributed by atoms with Crippen molar-refractivity contribution in [1.29, 1.82) is 0 Å². The average molecular weight is 294 g/mol. The first-order valence-electron chi connectivity index (χ1n) is 4.16. The zero-order chi connectivity index (χ0) is 9.68. The quantitative estimate of drug-likeness (QED) is 0.612. The summed E-state index contributed by atoms with van der Waals surface area (Å²) in [7, 11) is 1.48. The van der Waals surface area contributed by atoms with Crippen molar-refractivity contribution >= 4 is 22.6 Å². The summed E-state index contributed by atoms with van der Waals surface area (Å²) in [4.78, 5) is 0. The van der Waals surface area contributed by atoms with E-state index in [9.17, 15) is 4.39 Å². The Morgan fingerprint density at radius 1 is 1.46 bits per heavy atom. The van der Waals surface area contributed by atoms with Crippen molar-refractivity contribution in [3.05, 3.63) is 29.6 Å². The van der Waals surface area contributed by atoms with E-state index in [4.69, 9.17) is 4.74 Å². The van der Waals surface area contributed by atoms with Gasteiger partial charge in [0.15, 0.2) is 11.6 Å². The van der Waals surface area contributed by atoms with Gasteiger partial charge in [-0.25, -0.2) is 4.39 Å². The van der Waals surface area contributed by atoms with Gasteiger partial charge < -0.3 is 4.74 Å². The van der Waals surface area contributed by atoms with Crippen LogP contribution in [0.2, 0.25) is 0 Å². The molecule has 0 aliphatic rings. The van der Waals surface area contributed by atoms with E-state index in [-0.39, 0.29) is 5.82 Å². The molecule has 0 aliphatic carbocycles. The maximum atomic E-state index is 13.2. The van der Waals surface area contributed by atoms with Crippen LogP contribution in [-0.4, -0.2) is 11.5 Å². The van der Waals surface area contributed by atoms with E-state index in [1.807, 2.05) is 6.07 Å². The van der Waals surface area contributed by atoms with Crippen molar-refractivity contribution in [3.63, 3.8) is 0 Å². The second-order valence-electron chi connectivity index (χ2n) is 2.76. The second-order valence-corrected chi connectivity index (χ2v) is 3.84. The van der Waals surface area contributed by atoms with Gasteiger partial charge in [0.25, 0.3) is 0 Å². The van der Waals surface area contributed by atoms with Crippen LogP contribution < -0.4 is 4.74 Å². The van der Waals surface area contributed by atoms with Crippen molar-refractivity contribution in [2.75, 3.05) is 11.5 Å². The SMILES string of the molecule is COc1ccc(CCCI)cc1F. The van der Waals surface area contributed by atoms with Crippen LogP contribution in [0.1, 0.15) is 12.0 Å². The Labute approximate surface area is 91.4 Å². The second kappa shape index (κ2) is 5.42. The molecule has 0 aromatic heterocycles. The van der Waals surface area contributed by atoms with Crippen molar-refractivity contribution < 1.29 is 9.13 Å². The highest BCUT2D eigenvalue weighted by Gasteiger charge is 2.02. The Bertz CT molecular complexity index is 276. The fourth-order valence-electron chi connectivity index (χ4n) is 1.14. The predicted molar refractivity (Wildman–Crippen MR) is 60.2 cm³/mol. The summed E-state index contributed by atoms with van der Waals surface area (Å²) in [6.07, 6.45) is 2.02. The molecule has 13 heavy (non-hydrogen) atoms. The first-order chi connectivity index (χ1) is 6.27. The van der Waals surface area contributed by atoms with Crippen LogP contribution in [0.25, 0.3) is 0 Å². The molecule has 0 saturated carbocycles. The predicted octanol–water partition coefficient (Wildman–Crippen LogP) is 3.20. The molecule has 0 bridgehead atoms. The first-order valence-corrected chi connectivity index (χ1v) is 5.69. The number of methoxy groups -OCH3 is 1. The molecule has 0 amide bonds. The average Bonchev–Trinajstić information content (AvgIpc) is 2.15. The summed E-state index contributed by atoms with van der Waals surface area (Å²) in [5, 5.41) is 0. The highest BCUT2D eigenvalue weighted by atomic mass is 127. The van der Waals surface area contributed by atoms with E-state index in [1.165, 1.54) is 7.11 Å². The maximum Gasteiger partial charge on any atom is 0.165 e. The van der Waals surface area contributed by atoms with E-state index in [2.05, 4.69) is 22.6 Å². The van der Waals surface area contributed by atoms with E-state index in [0.717, 1.165) is 22.8 Å². The maximum absolute atomic E-state index is 13.2. The summed E-state index contributed by atoms with van der Waals surface area (Å²) >= 11 is 2.32. The molecule has 0 heterocycles. The number of hydrogen-bond donors (Lipinski definition) is 0. The number of aryl methyl sites for hydroxylation is 1. The van der Waals surface area contributed by atoms with Crippen molar-refractivity contribution in [1.82, 2.24) is 0 Å². The highest BCUT2D eigenvalue weighted by molar-refractivity contribution is 14.1. The highest BCUT2D eigenvalue weighted by Crippen LogP contribution is 2.18. The molecule has 0 saturated heterocycles. The fourth-order valence-corrected chi connectivity index (χ4v) is 1.52. The summed E-state index contributed by atoms with van der Waals surface area (Å²) in [5.74, 6) is 0.0479. The molecule has 1 aromatic rings. The van der Waals surface area contributed by atoms with Gasteiger partial charge in [-0.1, -0.05) is 28.7 Å². The van der Waals surface area contributed by atoms with Gasteiger partial charge in [0, 0.05) is 0 Å².